The Balaban J connectivity index is 1.94. The number of guanidine groups is 1. The lowest BCUT2D eigenvalue weighted by Gasteiger charge is -2.36. The fourth-order valence-electron chi connectivity index (χ4n) is 2.62. The molecule has 7 heteroatoms. The number of nitrogens with one attached hydrogen (secondary N) is 2. The molecule has 0 saturated carbocycles. The van der Waals surface area contributed by atoms with Crippen molar-refractivity contribution in [1.29, 1.82) is 0 Å². The molecule has 0 aliphatic carbocycles. The van der Waals surface area contributed by atoms with Gasteiger partial charge >= 0.3 is 0 Å². The fourth-order valence-corrected chi connectivity index (χ4v) is 3.41. The van der Waals surface area contributed by atoms with Gasteiger partial charge in [0, 0.05) is 37.1 Å². The zero-order chi connectivity index (χ0) is 17.4. The molecule has 0 amide bonds. The van der Waals surface area contributed by atoms with Crippen LogP contribution in [0.2, 0.25) is 0 Å². The first-order valence-corrected chi connectivity index (χ1v) is 9.91. The van der Waals surface area contributed by atoms with E-state index in [1.807, 2.05) is 17.8 Å². The summed E-state index contributed by atoms with van der Waals surface area (Å²) in [5.41, 5.74) is 0.974. The van der Waals surface area contributed by atoms with E-state index in [0.29, 0.717) is 12.5 Å². The molecule has 1 fully saturated rings. The maximum Gasteiger partial charge on any atom is 0.191 e. The van der Waals surface area contributed by atoms with Crippen LogP contribution in [0.1, 0.15) is 51.0 Å². The quantitative estimate of drug-likeness (QED) is 0.579. The Labute approximate surface area is 149 Å². The molecule has 0 aromatic carbocycles. The molecule has 2 rings (SSSR count). The number of aliphatic imine (C=N–C) groups is 1. The van der Waals surface area contributed by atoms with Gasteiger partial charge in [-0.25, -0.2) is 4.99 Å². The van der Waals surface area contributed by atoms with Crippen molar-refractivity contribution in [2.24, 2.45) is 4.99 Å². The molecule has 136 valence electrons. The zero-order valence-corrected chi connectivity index (χ0v) is 16.0. The Hall–Kier alpha value is -1.21. The van der Waals surface area contributed by atoms with Crippen molar-refractivity contribution >= 4 is 17.7 Å². The summed E-state index contributed by atoms with van der Waals surface area (Å²) >= 11 is 1.92. The van der Waals surface area contributed by atoms with E-state index in [0.717, 1.165) is 56.6 Å². The van der Waals surface area contributed by atoms with Gasteiger partial charge in [-0.2, -0.15) is 11.8 Å². The summed E-state index contributed by atoms with van der Waals surface area (Å²) in [5.74, 6) is 1.98. The Bertz CT molecular complexity index is 524. The minimum atomic E-state index is 0.228. The van der Waals surface area contributed by atoms with Crippen molar-refractivity contribution in [3.8, 4) is 0 Å². The lowest BCUT2D eigenvalue weighted by molar-refractivity contribution is 0.0783. The molecule has 1 aliphatic heterocycles. The van der Waals surface area contributed by atoms with E-state index in [-0.39, 0.29) is 4.75 Å². The highest BCUT2D eigenvalue weighted by molar-refractivity contribution is 8.00. The van der Waals surface area contributed by atoms with Crippen LogP contribution in [0.3, 0.4) is 0 Å². The van der Waals surface area contributed by atoms with Crippen LogP contribution in [0.4, 0.5) is 0 Å². The number of hydrogen-bond donors (Lipinski definition) is 2. The first kappa shape index (κ1) is 19.1. The SMILES string of the molecule is CCNC(=NCc1cc(C(C)C)no1)NCC1(SC)CCOCC1. The molecular weight excluding hydrogens is 324 g/mol. The summed E-state index contributed by atoms with van der Waals surface area (Å²) in [6.07, 6.45) is 4.32. The minimum absolute atomic E-state index is 0.228. The molecule has 0 spiro atoms. The van der Waals surface area contributed by atoms with E-state index in [9.17, 15) is 0 Å². The van der Waals surface area contributed by atoms with Gasteiger partial charge < -0.3 is 19.9 Å². The average molecular weight is 355 g/mol. The van der Waals surface area contributed by atoms with Gasteiger partial charge in [-0.05, 0) is 31.9 Å². The molecule has 1 saturated heterocycles. The van der Waals surface area contributed by atoms with Crippen molar-refractivity contribution in [2.45, 2.75) is 50.8 Å². The zero-order valence-electron chi connectivity index (χ0n) is 15.2. The van der Waals surface area contributed by atoms with Crippen LogP contribution in [0.25, 0.3) is 0 Å². The summed E-state index contributed by atoms with van der Waals surface area (Å²) in [5, 5.41) is 10.9. The Morgan fingerprint density at radius 1 is 1.38 bits per heavy atom. The third-order valence-electron chi connectivity index (χ3n) is 4.32. The third-order valence-corrected chi connectivity index (χ3v) is 5.74. The monoisotopic (exact) mass is 354 g/mol. The summed E-state index contributed by atoms with van der Waals surface area (Å²) in [4.78, 5) is 4.63. The second-order valence-corrected chi connectivity index (χ2v) is 7.70. The summed E-state index contributed by atoms with van der Waals surface area (Å²) in [7, 11) is 0. The Morgan fingerprint density at radius 3 is 2.71 bits per heavy atom. The van der Waals surface area contributed by atoms with Gasteiger partial charge in [0.15, 0.2) is 11.7 Å². The average Bonchev–Trinajstić information content (AvgIpc) is 3.07. The number of nitrogens with zero attached hydrogens (tertiary/aromatic N) is 2. The molecule has 0 radical (unpaired) electrons. The molecule has 24 heavy (non-hydrogen) atoms. The van der Waals surface area contributed by atoms with Gasteiger partial charge in [0.2, 0.25) is 0 Å². The van der Waals surface area contributed by atoms with Crippen LogP contribution in [0.5, 0.6) is 0 Å². The summed E-state index contributed by atoms with van der Waals surface area (Å²) in [6.45, 7) is 10.2. The van der Waals surface area contributed by atoms with Crippen molar-refractivity contribution < 1.29 is 9.26 Å². The van der Waals surface area contributed by atoms with Crippen molar-refractivity contribution in [2.75, 3.05) is 32.6 Å². The summed E-state index contributed by atoms with van der Waals surface area (Å²) in [6, 6.07) is 1.99. The summed E-state index contributed by atoms with van der Waals surface area (Å²) < 4.78 is 11.1. The van der Waals surface area contributed by atoms with Gasteiger partial charge in [-0.1, -0.05) is 19.0 Å². The predicted molar refractivity (Wildman–Crippen MR) is 99.7 cm³/mol. The Kier molecular flexibility index (Phi) is 7.42. The molecular formula is C17H30N4O2S. The van der Waals surface area contributed by atoms with Crippen LogP contribution in [-0.2, 0) is 11.3 Å². The predicted octanol–water partition coefficient (Wildman–Crippen LogP) is 2.77. The second-order valence-electron chi connectivity index (χ2n) is 6.42. The van der Waals surface area contributed by atoms with Gasteiger partial charge in [0.1, 0.15) is 6.54 Å². The fraction of sp³-hybridized carbons (Fsp3) is 0.765. The maximum atomic E-state index is 5.50. The topological polar surface area (TPSA) is 71.7 Å². The highest BCUT2D eigenvalue weighted by Crippen LogP contribution is 2.32. The standard InChI is InChI=1S/C17H30N4O2S/c1-5-18-16(19-11-14-10-15(13(2)3)21-23-14)20-12-17(24-4)6-8-22-9-7-17/h10,13H,5-9,11-12H2,1-4H3,(H2,18,19,20). The van der Waals surface area contributed by atoms with Gasteiger partial charge in [0.05, 0.1) is 5.69 Å². The van der Waals surface area contributed by atoms with Gasteiger partial charge in [-0.3, -0.25) is 0 Å². The Morgan fingerprint density at radius 2 is 2.12 bits per heavy atom. The lowest BCUT2D eigenvalue weighted by atomic mass is 9.99. The van der Waals surface area contributed by atoms with Gasteiger partial charge in [0.25, 0.3) is 0 Å². The smallest absolute Gasteiger partial charge is 0.191 e. The van der Waals surface area contributed by atoms with Crippen LogP contribution in [0, 0.1) is 0 Å². The molecule has 0 unspecified atom stereocenters. The highest BCUT2D eigenvalue weighted by Gasteiger charge is 2.31. The van der Waals surface area contributed by atoms with E-state index in [2.05, 4.69) is 47.8 Å². The van der Waals surface area contributed by atoms with E-state index < -0.39 is 0 Å². The molecule has 2 heterocycles. The minimum Gasteiger partial charge on any atom is -0.381 e. The normalized spacial score (nSPS) is 18.0. The largest absolute Gasteiger partial charge is 0.381 e. The van der Waals surface area contributed by atoms with Crippen molar-refractivity contribution in [3.05, 3.63) is 17.5 Å². The first-order valence-electron chi connectivity index (χ1n) is 8.69. The molecule has 0 bridgehead atoms. The molecule has 6 nitrogen and oxygen atoms in total. The van der Waals surface area contributed by atoms with Crippen LogP contribution < -0.4 is 10.6 Å². The van der Waals surface area contributed by atoms with Crippen LogP contribution >= 0.6 is 11.8 Å². The maximum absolute atomic E-state index is 5.50. The van der Waals surface area contributed by atoms with Crippen molar-refractivity contribution in [3.63, 3.8) is 0 Å². The first-order chi connectivity index (χ1) is 11.6. The lowest BCUT2D eigenvalue weighted by Crippen LogP contribution is -2.47. The number of ether oxygens (including phenoxy) is 1. The number of hydrogen-bond acceptors (Lipinski definition) is 5. The molecule has 2 N–H and O–H groups in total. The van der Waals surface area contributed by atoms with E-state index in [1.54, 1.807) is 0 Å². The number of aromatic nitrogens is 1. The number of rotatable bonds is 7. The molecule has 1 aromatic heterocycles. The van der Waals surface area contributed by atoms with Crippen LogP contribution in [-0.4, -0.2) is 48.4 Å². The van der Waals surface area contributed by atoms with E-state index >= 15 is 0 Å². The van der Waals surface area contributed by atoms with E-state index in [1.165, 1.54) is 0 Å². The van der Waals surface area contributed by atoms with E-state index in [4.69, 9.17) is 9.26 Å². The van der Waals surface area contributed by atoms with Gasteiger partial charge in [-0.15, -0.1) is 0 Å². The number of thioether (sulfide) groups is 1. The highest BCUT2D eigenvalue weighted by atomic mass is 32.2. The molecule has 0 atom stereocenters. The van der Waals surface area contributed by atoms with Crippen LogP contribution in [0.15, 0.2) is 15.6 Å². The second kappa shape index (κ2) is 9.32. The molecule has 1 aromatic rings. The molecule has 1 aliphatic rings. The third kappa shape index (κ3) is 5.41. The van der Waals surface area contributed by atoms with Crippen molar-refractivity contribution in [1.82, 2.24) is 15.8 Å².